The third kappa shape index (κ3) is 3.29. The van der Waals surface area contributed by atoms with E-state index in [0.29, 0.717) is 11.5 Å². The van der Waals surface area contributed by atoms with E-state index in [2.05, 4.69) is 0 Å². The van der Waals surface area contributed by atoms with Crippen LogP contribution in [0.2, 0.25) is 0 Å². The Balaban J connectivity index is 2.72. The molecule has 1 aromatic rings. The summed E-state index contributed by atoms with van der Waals surface area (Å²) in [5, 5.41) is 0. The molecule has 0 atom stereocenters. The zero-order chi connectivity index (χ0) is 13.9. The Labute approximate surface area is 111 Å². The summed E-state index contributed by atoms with van der Waals surface area (Å²) in [6.07, 6.45) is 4.74. The summed E-state index contributed by atoms with van der Waals surface area (Å²) < 4.78 is 2.70. The molecule has 2 N–H and O–H groups in total. The minimum absolute atomic E-state index is 0.224. The quantitative estimate of drug-likeness (QED) is 0.629. The normalized spacial score (nSPS) is 11.5. The van der Waals surface area contributed by atoms with E-state index in [-0.39, 0.29) is 5.41 Å². The predicted octanol–water partition coefficient (Wildman–Crippen LogP) is 0.640. The van der Waals surface area contributed by atoms with E-state index >= 15 is 0 Å². The van der Waals surface area contributed by atoms with Crippen molar-refractivity contribution in [1.29, 1.82) is 0 Å². The zero-order valence-electron chi connectivity index (χ0n) is 11.0. The molecular formula is C12H19N3O2S. The molecule has 18 heavy (non-hydrogen) atoms. The van der Waals surface area contributed by atoms with E-state index in [1.807, 2.05) is 13.8 Å². The van der Waals surface area contributed by atoms with Gasteiger partial charge in [-0.1, -0.05) is 26.1 Å². The van der Waals surface area contributed by atoms with Crippen LogP contribution in [0.4, 0.5) is 0 Å². The van der Waals surface area contributed by atoms with Gasteiger partial charge in [0, 0.05) is 31.4 Å². The van der Waals surface area contributed by atoms with E-state index in [1.165, 1.54) is 9.13 Å². The van der Waals surface area contributed by atoms with Gasteiger partial charge in [-0.25, -0.2) is 0 Å². The topological polar surface area (TPSA) is 70.0 Å². The Hall–Kier alpha value is -1.43. The fourth-order valence-corrected chi connectivity index (χ4v) is 1.68. The first kappa shape index (κ1) is 14.6. The Morgan fingerprint density at radius 2 is 1.94 bits per heavy atom. The van der Waals surface area contributed by atoms with Gasteiger partial charge in [0.1, 0.15) is 0 Å². The van der Waals surface area contributed by atoms with Crippen LogP contribution in [-0.2, 0) is 13.6 Å². The summed E-state index contributed by atoms with van der Waals surface area (Å²) in [7, 11) is 1.56. The number of rotatable bonds is 5. The molecule has 0 saturated heterocycles. The highest BCUT2D eigenvalue weighted by atomic mass is 32.1. The monoisotopic (exact) mass is 269 g/mol. The number of nitrogens with zero attached hydrogens (tertiary/aromatic N) is 2. The predicted molar refractivity (Wildman–Crippen MR) is 75.7 cm³/mol. The van der Waals surface area contributed by atoms with Gasteiger partial charge < -0.3 is 14.9 Å². The Kier molecular flexibility index (Phi) is 4.45. The second-order valence-electron chi connectivity index (χ2n) is 5.06. The number of aryl methyl sites for hydroxylation is 2. The molecule has 100 valence electrons. The first-order valence-corrected chi connectivity index (χ1v) is 6.22. The van der Waals surface area contributed by atoms with Gasteiger partial charge in [-0.05, 0) is 12.8 Å². The molecule has 1 heterocycles. The summed E-state index contributed by atoms with van der Waals surface area (Å²) >= 11 is 4.98. The van der Waals surface area contributed by atoms with Gasteiger partial charge >= 0.3 is 11.1 Å². The lowest BCUT2D eigenvalue weighted by Crippen LogP contribution is -2.39. The van der Waals surface area contributed by atoms with Crippen molar-refractivity contribution in [2.45, 2.75) is 33.2 Å². The zero-order valence-corrected chi connectivity index (χ0v) is 11.8. The van der Waals surface area contributed by atoms with Crippen LogP contribution in [0.1, 0.15) is 26.7 Å². The molecule has 6 heteroatoms. The fourth-order valence-electron chi connectivity index (χ4n) is 1.58. The summed E-state index contributed by atoms with van der Waals surface area (Å²) in [6, 6.07) is 0. The molecule has 0 aliphatic rings. The summed E-state index contributed by atoms with van der Waals surface area (Å²) in [6.45, 7) is 4.45. The van der Waals surface area contributed by atoms with Crippen molar-refractivity contribution in [2.75, 3.05) is 0 Å². The molecule has 0 aromatic carbocycles. The van der Waals surface area contributed by atoms with Gasteiger partial charge in [0.05, 0.1) is 4.99 Å². The maximum Gasteiger partial charge on any atom is 0.316 e. The van der Waals surface area contributed by atoms with Crippen LogP contribution in [-0.4, -0.2) is 14.1 Å². The highest BCUT2D eigenvalue weighted by Gasteiger charge is 2.20. The van der Waals surface area contributed by atoms with E-state index in [1.54, 1.807) is 19.4 Å². The Bertz CT molecular complexity index is 557. The Morgan fingerprint density at radius 3 is 2.50 bits per heavy atom. The molecule has 0 unspecified atom stereocenters. The second-order valence-corrected chi connectivity index (χ2v) is 5.50. The molecule has 1 aromatic heterocycles. The van der Waals surface area contributed by atoms with Crippen molar-refractivity contribution >= 4 is 17.2 Å². The molecular weight excluding hydrogens is 250 g/mol. The van der Waals surface area contributed by atoms with Gasteiger partial charge in [0.15, 0.2) is 0 Å². The Morgan fingerprint density at radius 1 is 1.33 bits per heavy atom. The van der Waals surface area contributed by atoms with Crippen molar-refractivity contribution in [3.8, 4) is 0 Å². The lowest BCUT2D eigenvalue weighted by Gasteiger charge is -2.22. The summed E-state index contributed by atoms with van der Waals surface area (Å²) in [5.41, 5.74) is 4.41. The third-order valence-electron chi connectivity index (χ3n) is 3.10. The first-order valence-electron chi connectivity index (χ1n) is 5.81. The van der Waals surface area contributed by atoms with Crippen LogP contribution in [0.3, 0.4) is 0 Å². The van der Waals surface area contributed by atoms with E-state index in [4.69, 9.17) is 18.0 Å². The van der Waals surface area contributed by atoms with Crippen molar-refractivity contribution < 1.29 is 0 Å². The summed E-state index contributed by atoms with van der Waals surface area (Å²) in [5.74, 6) is 0. The van der Waals surface area contributed by atoms with Crippen LogP contribution in [0.5, 0.6) is 0 Å². The van der Waals surface area contributed by atoms with Crippen LogP contribution in [0, 0.1) is 5.41 Å². The van der Waals surface area contributed by atoms with Crippen LogP contribution < -0.4 is 16.9 Å². The smallest absolute Gasteiger partial charge is 0.316 e. The van der Waals surface area contributed by atoms with Gasteiger partial charge in [-0.2, -0.15) is 0 Å². The summed E-state index contributed by atoms with van der Waals surface area (Å²) in [4.78, 5) is 23.6. The van der Waals surface area contributed by atoms with Gasteiger partial charge in [0.25, 0.3) is 0 Å². The molecule has 1 rings (SSSR count). The van der Waals surface area contributed by atoms with Crippen LogP contribution in [0.25, 0.3) is 0 Å². The number of nitrogens with two attached hydrogens (primary N) is 1. The SMILES string of the molecule is Cn1ccn(CCCC(C)(C)C(N)=S)c(=O)c1=O. The molecule has 0 saturated carbocycles. The van der Waals surface area contributed by atoms with E-state index in [9.17, 15) is 9.59 Å². The third-order valence-corrected chi connectivity index (χ3v) is 3.65. The molecule has 0 aliphatic carbocycles. The maximum atomic E-state index is 11.7. The van der Waals surface area contributed by atoms with E-state index in [0.717, 1.165) is 12.8 Å². The molecule has 0 spiro atoms. The lowest BCUT2D eigenvalue weighted by molar-refractivity contribution is 0.432. The highest BCUT2D eigenvalue weighted by Crippen LogP contribution is 2.22. The minimum atomic E-state index is -0.508. The van der Waals surface area contributed by atoms with Crippen molar-refractivity contribution in [3.63, 3.8) is 0 Å². The molecule has 0 bridgehead atoms. The molecule has 0 radical (unpaired) electrons. The standard InChI is InChI=1S/C12H19N3O2S/c1-12(2,11(13)18)5-4-6-15-8-7-14(3)9(16)10(15)17/h7-8H,4-6H2,1-3H3,(H2,13,18). The highest BCUT2D eigenvalue weighted by molar-refractivity contribution is 7.80. The first-order chi connectivity index (χ1) is 8.25. The van der Waals surface area contributed by atoms with Crippen molar-refractivity contribution in [1.82, 2.24) is 9.13 Å². The number of hydrogen-bond donors (Lipinski definition) is 1. The fraction of sp³-hybridized carbons (Fsp3) is 0.583. The largest absolute Gasteiger partial charge is 0.393 e. The van der Waals surface area contributed by atoms with Crippen molar-refractivity contribution in [3.05, 3.63) is 33.1 Å². The molecule has 0 fully saturated rings. The van der Waals surface area contributed by atoms with Gasteiger partial charge in [-0.3, -0.25) is 9.59 Å². The average Bonchev–Trinajstić information content (AvgIpc) is 2.29. The second kappa shape index (κ2) is 5.48. The van der Waals surface area contributed by atoms with Gasteiger partial charge in [-0.15, -0.1) is 0 Å². The number of thiocarbonyl (C=S) groups is 1. The van der Waals surface area contributed by atoms with E-state index < -0.39 is 11.1 Å². The average molecular weight is 269 g/mol. The molecule has 0 amide bonds. The van der Waals surface area contributed by atoms with Crippen LogP contribution >= 0.6 is 12.2 Å². The van der Waals surface area contributed by atoms with Crippen LogP contribution in [0.15, 0.2) is 22.0 Å². The number of hydrogen-bond acceptors (Lipinski definition) is 3. The minimum Gasteiger partial charge on any atom is -0.393 e. The maximum absolute atomic E-state index is 11.7. The molecule has 5 nitrogen and oxygen atoms in total. The molecule has 0 aliphatic heterocycles. The van der Waals surface area contributed by atoms with Gasteiger partial charge in [0.2, 0.25) is 0 Å². The van der Waals surface area contributed by atoms with Crippen molar-refractivity contribution in [2.24, 2.45) is 18.2 Å². The lowest BCUT2D eigenvalue weighted by atomic mass is 9.88. The number of aromatic nitrogens is 2.